The van der Waals surface area contributed by atoms with E-state index in [0.717, 1.165) is 49.1 Å². The fourth-order valence-corrected chi connectivity index (χ4v) is 3.23. The molecule has 132 valence electrons. The van der Waals surface area contributed by atoms with Crippen LogP contribution in [0.15, 0.2) is 48.5 Å². The molecule has 25 heavy (non-hydrogen) atoms. The molecule has 0 bridgehead atoms. The first kappa shape index (κ1) is 16.4. The van der Waals surface area contributed by atoms with E-state index in [0.29, 0.717) is 0 Å². The molecule has 0 aromatic heterocycles. The number of benzene rings is 2. The van der Waals surface area contributed by atoms with Crippen LogP contribution in [0, 0.1) is 0 Å². The molecule has 2 aromatic carbocycles. The van der Waals surface area contributed by atoms with Gasteiger partial charge in [-0.2, -0.15) is 10.5 Å². The average molecular weight is 340 g/mol. The molecule has 1 saturated heterocycles. The van der Waals surface area contributed by atoms with Crippen molar-refractivity contribution < 1.29 is 9.68 Å². The van der Waals surface area contributed by atoms with Gasteiger partial charge in [0, 0.05) is 26.2 Å². The van der Waals surface area contributed by atoms with Crippen LogP contribution >= 0.6 is 0 Å². The van der Waals surface area contributed by atoms with Gasteiger partial charge in [0.15, 0.2) is 11.5 Å². The van der Waals surface area contributed by atoms with Gasteiger partial charge in [0.1, 0.15) is 6.17 Å². The van der Waals surface area contributed by atoms with Gasteiger partial charge in [-0.3, -0.25) is 0 Å². The monoisotopic (exact) mass is 340 g/mol. The Morgan fingerprint density at radius 3 is 2.08 bits per heavy atom. The van der Waals surface area contributed by atoms with Gasteiger partial charge in [-0.05, 0) is 38.2 Å². The van der Waals surface area contributed by atoms with E-state index in [1.807, 2.05) is 41.5 Å². The van der Waals surface area contributed by atoms with Crippen LogP contribution < -0.4 is 15.1 Å². The Hall–Kier alpha value is -2.12. The van der Waals surface area contributed by atoms with Gasteiger partial charge < -0.3 is 14.5 Å². The smallest absolute Gasteiger partial charge is 0.151 e. The SMILES string of the molecule is CC(NON1CCN(C)CC1)N1c2ccccc2Oc2ccccc21. The van der Waals surface area contributed by atoms with Crippen molar-refractivity contribution in [2.45, 2.75) is 13.1 Å². The Kier molecular flexibility index (Phi) is 4.59. The lowest BCUT2D eigenvalue weighted by atomic mass is 10.1. The molecule has 0 aliphatic carbocycles. The van der Waals surface area contributed by atoms with Crippen LogP contribution in [0.3, 0.4) is 0 Å². The second-order valence-electron chi connectivity index (χ2n) is 6.52. The second kappa shape index (κ2) is 7.01. The van der Waals surface area contributed by atoms with Gasteiger partial charge in [-0.15, -0.1) is 0 Å². The third kappa shape index (κ3) is 3.34. The highest BCUT2D eigenvalue weighted by molar-refractivity contribution is 5.78. The second-order valence-corrected chi connectivity index (χ2v) is 6.52. The van der Waals surface area contributed by atoms with E-state index >= 15 is 0 Å². The zero-order chi connectivity index (χ0) is 17.2. The van der Waals surface area contributed by atoms with Crippen molar-refractivity contribution in [2.24, 2.45) is 0 Å². The summed E-state index contributed by atoms with van der Waals surface area (Å²) in [6.07, 6.45) is -0.0501. The fraction of sp³-hybridized carbons (Fsp3) is 0.368. The molecule has 2 heterocycles. The number of rotatable bonds is 4. The maximum Gasteiger partial charge on any atom is 0.151 e. The number of nitrogens with zero attached hydrogens (tertiary/aromatic N) is 3. The summed E-state index contributed by atoms with van der Waals surface area (Å²) in [6, 6.07) is 16.2. The summed E-state index contributed by atoms with van der Waals surface area (Å²) in [7, 11) is 2.13. The van der Waals surface area contributed by atoms with Crippen LogP contribution in [0.25, 0.3) is 0 Å². The molecular formula is C19H24N4O2. The predicted molar refractivity (Wildman–Crippen MR) is 97.8 cm³/mol. The summed E-state index contributed by atoms with van der Waals surface area (Å²) in [4.78, 5) is 10.4. The first-order valence-corrected chi connectivity index (χ1v) is 8.73. The number of hydrogen-bond acceptors (Lipinski definition) is 6. The molecular weight excluding hydrogens is 316 g/mol. The van der Waals surface area contributed by atoms with Gasteiger partial charge in [-0.25, -0.2) is 4.94 Å². The van der Waals surface area contributed by atoms with Gasteiger partial charge in [-0.1, -0.05) is 24.3 Å². The first-order chi connectivity index (χ1) is 12.2. The molecule has 0 spiro atoms. The van der Waals surface area contributed by atoms with Crippen molar-refractivity contribution >= 4 is 11.4 Å². The highest BCUT2D eigenvalue weighted by Crippen LogP contribution is 2.46. The maximum atomic E-state index is 6.04. The highest BCUT2D eigenvalue weighted by atomic mass is 16.8. The number of piperazine rings is 1. The van der Waals surface area contributed by atoms with Crippen LogP contribution in [-0.2, 0) is 4.94 Å². The Balaban J connectivity index is 1.52. The Morgan fingerprint density at radius 1 is 0.920 bits per heavy atom. The normalized spacial score (nSPS) is 19.0. The number of hydroxylamine groups is 3. The third-order valence-corrected chi connectivity index (χ3v) is 4.67. The summed E-state index contributed by atoms with van der Waals surface area (Å²) in [5.74, 6) is 1.71. The fourth-order valence-electron chi connectivity index (χ4n) is 3.23. The molecule has 1 N–H and O–H groups in total. The van der Waals surface area contributed by atoms with Crippen molar-refractivity contribution in [2.75, 3.05) is 38.1 Å². The molecule has 1 fully saturated rings. The number of fused-ring (bicyclic) bond motifs is 2. The van der Waals surface area contributed by atoms with Crippen LogP contribution in [-0.4, -0.2) is 49.4 Å². The van der Waals surface area contributed by atoms with Crippen LogP contribution in [0.5, 0.6) is 11.5 Å². The minimum absolute atomic E-state index is 0.0501. The number of nitrogens with one attached hydrogen (secondary N) is 1. The summed E-state index contributed by atoms with van der Waals surface area (Å²) in [6.45, 7) is 5.91. The van der Waals surface area contributed by atoms with E-state index in [2.05, 4.69) is 41.4 Å². The molecule has 1 unspecified atom stereocenters. The Bertz CT molecular complexity index is 685. The lowest BCUT2D eigenvalue weighted by Crippen LogP contribution is -2.50. The van der Waals surface area contributed by atoms with E-state index in [1.165, 1.54) is 0 Å². The summed E-state index contributed by atoms with van der Waals surface area (Å²) in [5, 5.41) is 1.98. The topological polar surface area (TPSA) is 40.2 Å². The summed E-state index contributed by atoms with van der Waals surface area (Å²) >= 11 is 0. The Morgan fingerprint density at radius 2 is 1.48 bits per heavy atom. The number of hydrogen-bond donors (Lipinski definition) is 1. The zero-order valence-electron chi connectivity index (χ0n) is 14.7. The molecule has 1 atom stereocenters. The maximum absolute atomic E-state index is 6.04. The standard InChI is InChI=1S/C19H24N4O2/c1-15(20-25-22-13-11-21(2)12-14-22)23-16-7-3-5-9-18(16)24-19-10-6-4-8-17(19)23/h3-10,15,20H,11-14H2,1-2H3. The van der Waals surface area contributed by atoms with Gasteiger partial charge in [0.2, 0.25) is 0 Å². The minimum atomic E-state index is -0.0501. The van der Waals surface area contributed by atoms with E-state index in [1.54, 1.807) is 0 Å². The number of anilines is 2. The molecule has 6 nitrogen and oxygen atoms in total. The number of ether oxygens (including phenoxy) is 1. The van der Waals surface area contributed by atoms with Gasteiger partial charge in [0.05, 0.1) is 11.4 Å². The van der Waals surface area contributed by atoms with Crippen molar-refractivity contribution in [3.05, 3.63) is 48.5 Å². The molecule has 0 saturated carbocycles. The molecule has 0 amide bonds. The Labute approximate surface area is 148 Å². The van der Waals surface area contributed by atoms with Crippen molar-refractivity contribution in [1.29, 1.82) is 0 Å². The van der Waals surface area contributed by atoms with Crippen molar-refractivity contribution in [1.82, 2.24) is 15.4 Å². The molecule has 6 heteroatoms. The molecule has 2 aliphatic heterocycles. The first-order valence-electron chi connectivity index (χ1n) is 8.73. The van der Waals surface area contributed by atoms with Crippen molar-refractivity contribution in [3.63, 3.8) is 0 Å². The molecule has 2 aliphatic rings. The highest BCUT2D eigenvalue weighted by Gasteiger charge is 2.28. The molecule has 4 rings (SSSR count). The largest absolute Gasteiger partial charge is 0.453 e. The van der Waals surface area contributed by atoms with E-state index in [4.69, 9.17) is 9.68 Å². The van der Waals surface area contributed by atoms with Crippen LogP contribution in [0.4, 0.5) is 11.4 Å². The molecule has 0 radical (unpaired) electrons. The quantitative estimate of drug-likeness (QED) is 0.863. The summed E-state index contributed by atoms with van der Waals surface area (Å²) < 4.78 is 6.04. The zero-order valence-corrected chi connectivity index (χ0v) is 14.7. The lowest BCUT2D eigenvalue weighted by Gasteiger charge is -2.38. The molecule has 2 aromatic rings. The number of para-hydroxylation sites is 4. The average Bonchev–Trinajstić information content (AvgIpc) is 2.65. The van der Waals surface area contributed by atoms with Crippen molar-refractivity contribution in [3.8, 4) is 11.5 Å². The van der Waals surface area contributed by atoms with Gasteiger partial charge >= 0.3 is 0 Å². The third-order valence-electron chi connectivity index (χ3n) is 4.67. The van der Waals surface area contributed by atoms with Crippen LogP contribution in [0.2, 0.25) is 0 Å². The van der Waals surface area contributed by atoms with E-state index in [-0.39, 0.29) is 6.17 Å². The summed E-state index contributed by atoms with van der Waals surface area (Å²) in [5.41, 5.74) is 5.26. The minimum Gasteiger partial charge on any atom is -0.453 e. The number of likely N-dealkylation sites (N-methyl/N-ethyl adjacent to an activating group) is 1. The van der Waals surface area contributed by atoms with Gasteiger partial charge in [0.25, 0.3) is 0 Å². The van der Waals surface area contributed by atoms with Crippen LogP contribution in [0.1, 0.15) is 6.92 Å². The van der Waals surface area contributed by atoms with E-state index in [9.17, 15) is 0 Å². The predicted octanol–water partition coefficient (Wildman–Crippen LogP) is 2.96. The lowest BCUT2D eigenvalue weighted by molar-refractivity contribution is -0.229. The van der Waals surface area contributed by atoms with E-state index < -0.39 is 0 Å².